The van der Waals surface area contributed by atoms with Gasteiger partial charge in [-0.25, -0.2) is 0 Å². The van der Waals surface area contributed by atoms with Crippen molar-refractivity contribution in [2.75, 3.05) is 7.05 Å². The highest BCUT2D eigenvalue weighted by Crippen LogP contribution is 2.18. The van der Waals surface area contributed by atoms with Gasteiger partial charge in [-0.1, -0.05) is 47.0 Å². The Morgan fingerprint density at radius 3 is 2.08 bits per heavy atom. The lowest BCUT2D eigenvalue weighted by Crippen LogP contribution is -2.34. The Morgan fingerprint density at radius 2 is 1.69 bits per heavy atom. The molecule has 1 N–H and O–H groups in total. The summed E-state index contributed by atoms with van der Waals surface area (Å²) >= 11 is 0. The zero-order valence-corrected chi connectivity index (χ0v) is 10.1. The van der Waals surface area contributed by atoms with Gasteiger partial charge in [0.25, 0.3) is 0 Å². The molecule has 0 aliphatic heterocycles. The molecular formula is C12H27N. The van der Waals surface area contributed by atoms with Gasteiger partial charge >= 0.3 is 0 Å². The molecule has 0 amide bonds. The van der Waals surface area contributed by atoms with E-state index in [0.29, 0.717) is 6.04 Å². The number of hydrogen-bond acceptors (Lipinski definition) is 1. The van der Waals surface area contributed by atoms with Crippen LogP contribution in [0.1, 0.15) is 53.4 Å². The Bertz CT molecular complexity index is 110. The predicted molar refractivity (Wildman–Crippen MR) is 61.0 cm³/mol. The number of hydrogen-bond donors (Lipinski definition) is 1. The van der Waals surface area contributed by atoms with Gasteiger partial charge in [0.05, 0.1) is 0 Å². The lowest BCUT2D eigenvalue weighted by atomic mass is 9.87. The summed E-state index contributed by atoms with van der Waals surface area (Å²) < 4.78 is 0. The first-order valence-corrected chi connectivity index (χ1v) is 5.80. The van der Waals surface area contributed by atoms with Crippen LogP contribution < -0.4 is 5.32 Å². The molecular weight excluding hydrogens is 158 g/mol. The molecule has 0 aromatic heterocycles. The monoisotopic (exact) mass is 185 g/mol. The van der Waals surface area contributed by atoms with Crippen molar-refractivity contribution >= 4 is 0 Å². The molecule has 13 heavy (non-hydrogen) atoms. The Morgan fingerprint density at radius 1 is 1.08 bits per heavy atom. The molecule has 0 aromatic rings. The van der Waals surface area contributed by atoms with Crippen LogP contribution in [0.5, 0.6) is 0 Å². The normalized spacial score (nSPS) is 16.2. The first-order valence-electron chi connectivity index (χ1n) is 5.80. The molecule has 1 nitrogen and oxygen atoms in total. The Hall–Kier alpha value is -0.0400. The molecule has 0 saturated heterocycles. The van der Waals surface area contributed by atoms with Crippen LogP contribution in [0.25, 0.3) is 0 Å². The highest BCUT2D eigenvalue weighted by atomic mass is 14.9. The minimum atomic E-state index is 0.714. The van der Waals surface area contributed by atoms with Gasteiger partial charge in [-0.05, 0) is 25.3 Å². The molecule has 0 bridgehead atoms. The maximum atomic E-state index is 3.44. The molecule has 0 radical (unpaired) electrons. The third-order valence-corrected chi connectivity index (χ3v) is 3.18. The van der Waals surface area contributed by atoms with Crippen molar-refractivity contribution in [2.45, 2.75) is 59.4 Å². The Labute approximate surface area is 84.3 Å². The maximum absolute atomic E-state index is 3.44. The van der Waals surface area contributed by atoms with Crippen LogP contribution in [-0.4, -0.2) is 13.1 Å². The topological polar surface area (TPSA) is 12.0 Å². The van der Waals surface area contributed by atoms with E-state index in [1.807, 2.05) is 0 Å². The SMILES string of the molecule is CCCCCC(NC)C(C)C(C)C. The molecule has 2 atom stereocenters. The van der Waals surface area contributed by atoms with Gasteiger partial charge in [-0.3, -0.25) is 0 Å². The second-order valence-electron chi connectivity index (χ2n) is 4.49. The van der Waals surface area contributed by atoms with Crippen molar-refractivity contribution < 1.29 is 0 Å². The van der Waals surface area contributed by atoms with Crippen molar-refractivity contribution in [1.29, 1.82) is 0 Å². The molecule has 1 heteroatoms. The molecule has 0 aromatic carbocycles. The van der Waals surface area contributed by atoms with E-state index in [4.69, 9.17) is 0 Å². The maximum Gasteiger partial charge on any atom is 0.00921 e. The number of nitrogens with one attached hydrogen (secondary N) is 1. The van der Waals surface area contributed by atoms with Gasteiger partial charge in [0.1, 0.15) is 0 Å². The molecule has 2 unspecified atom stereocenters. The smallest absolute Gasteiger partial charge is 0.00921 e. The lowest BCUT2D eigenvalue weighted by molar-refractivity contribution is 0.292. The summed E-state index contributed by atoms with van der Waals surface area (Å²) in [6, 6.07) is 0.714. The zero-order valence-electron chi connectivity index (χ0n) is 10.1. The predicted octanol–water partition coefficient (Wildman–Crippen LogP) is 3.45. The van der Waals surface area contributed by atoms with Gasteiger partial charge in [-0.15, -0.1) is 0 Å². The highest BCUT2D eigenvalue weighted by Gasteiger charge is 2.17. The van der Waals surface area contributed by atoms with Crippen molar-refractivity contribution in [3.63, 3.8) is 0 Å². The largest absolute Gasteiger partial charge is 0.317 e. The highest BCUT2D eigenvalue weighted by molar-refractivity contribution is 4.73. The minimum absolute atomic E-state index is 0.714. The van der Waals surface area contributed by atoms with Gasteiger partial charge in [0.2, 0.25) is 0 Å². The molecule has 0 saturated carbocycles. The molecule has 0 fully saturated rings. The van der Waals surface area contributed by atoms with Crippen molar-refractivity contribution in [3.05, 3.63) is 0 Å². The summed E-state index contributed by atoms with van der Waals surface area (Å²) in [6.07, 6.45) is 5.41. The van der Waals surface area contributed by atoms with Gasteiger partial charge in [0.15, 0.2) is 0 Å². The third-order valence-electron chi connectivity index (χ3n) is 3.18. The van der Waals surface area contributed by atoms with Gasteiger partial charge in [0, 0.05) is 6.04 Å². The second kappa shape index (κ2) is 7.37. The fourth-order valence-corrected chi connectivity index (χ4v) is 1.75. The first kappa shape index (κ1) is 13.0. The van der Waals surface area contributed by atoms with Crippen molar-refractivity contribution in [3.8, 4) is 0 Å². The van der Waals surface area contributed by atoms with E-state index in [1.54, 1.807) is 0 Å². The molecule has 0 heterocycles. The molecule has 80 valence electrons. The third kappa shape index (κ3) is 5.30. The van der Waals surface area contributed by atoms with E-state index in [2.05, 4.69) is 40.1 Å². The summed E-state index contributed by atoms with van der Waals surface area (Å²) in [6.45, 7) is 9.25. The van der Waals surface area contributed by atoms with Crippen molar-refractivity contribution in [2.24, 2.45) is 11.8 Å². The van der Waals surface area contributed by atoms with E-state index in [1.165, 1.54) is 25.7 Å². The van der Waals surface area contributed by atoms with E-state index in [0.717, 1.165) is 11.8 Å². The summed E-state index contributed by atoms with van der Waals surface area (Å²) in [5.41, 5.74) is 0. The Kier molecular flexibility index (Phi) is 7.35. The summed E-state index contributed by atoms with van der Waals surface area (Å²) in [5, 5.41) is 3.44. The van der Waals surface area contributed by atoms with Crippen LogP contribution in [0.4, 0.5) is 0 Å². The van der Waals surface area contributed by atoms with Gasteiger partial charge < -0.3 is 5.32 Å². The first-order chi connectivity index (χ1) is 6.13. The zero-order chi connectivity index (χ0) is 10.3. The van der Waals surface area contributed by atoms with Crippen LogP contribution in [0.3, 0.4) is 0 Å². The van der Waals surface area contributed by atoms with Gasteiger partial charge in [-0.2, -0.15) is 0 Å². The van der Waals surface area contributed by atoms with E-state index in [9.17, 15) is 0 Å². The van der Waals surface area contributed by atoms with Crippen LogP contribution in [0, 0.1) is 11.8 Å². The minimum Gasteiger partial charge on any atom is -0.317 e. The molecule has 0 aliphatic rings. The fourth-order valence-electron chi connectivity index (χ4n) is 1.75. The van der Waals surface area contributed by atoms with Crippen LogP contribution >= 0.6 is 0 Å². The van der Waals surface area contributed by atoms with E-state index < -0.39 is 0 Å². The molecule has 0 rings (SSSR count). The fraction of sp³-hybridized carbons (Fsp3) is 1.00. The van der Waals surface area contributed by atoms with Crippen molar-refractivity contribution in [1.82, 2.24) is 5.32 Å². The standard InChI is InChI=1S/C12H27N/c1-6-7-8-9-12(13-5)11(4)10(2)3/h10-13H,6-9H2,1-5H3. The summed E-state index contributed by atoms with van der Waals surface area (Å²) in [7, 11) is 2.09. The average Bonchev–Trinajstić information content (AvgIpc) is 2.11. The van der Waals surface area contributed by atoms with Crippen LogP contribution in [0.15, 0.2) is 0 Å². The summed E-state index contributed by atoms with van der Waals surface area (Å²) in [4.78, 5) is 0. The average molecular weight is 185 g/mol. The van der Waals surface area contributed by atoms with E-state index >= 15 is 0 Å². The summed E-state index contributed by atoms with van der Waals surface area (Å²) in [5.74, 6) is 1.58. The molecule has 0 spiro atoms. The van der Waals surface area contributed by atoms with Crippen LogP contribution in [-0.2, 0) is 0 Å². The Balaban J connectivity index is 3.73. The van der Waals surface area contributed by atoms with Crippen LogP contribution in [0.2, 0.25) is 0 Å². The lowest BCUT2D eigenvalue weighted by Gasteiger charge is -2.26. The molecule has 0 aliphatic carbocycles. The quantitative estimate of drug-likeness (QED) is 0.599. The van der Waals surface area contributed by atoms with E-state index in [-0.39, 0.29) is 0 Å². The second-order valence-corrected chi connectivity index (χ2v) is 4.49. The number of unbranched alkanes of at least 4 members (excludes halogenated alkanes) is 2. The number of rotatable bonds is 7.